The topological polar surface area (TPSA) is 72.0 Å². The first-order chi connectivity index (χ1) is 9.22. The van der Waals surface area contributed by atoms with Crippen LogP contribution in [0.5, 0.6) is 0 Å². The van der Waals surface area contributed by atoms with E-state index in [0.717, 1.165) is 24.3 Å². The molecule has 0 spiro atoms. The molecule has 0 aliphatic carbocycles. The highest BCUT2D eigenvalue weighted by atomic mass is 15.4. The summed E-state index contributed by atoms with van der Waals surface area (Å²) in [5.74, 6) is 5.66. The molecule has 1 unspecified atom stereocenters. The van der Waals surface area contributed by atoms with Crippen LogP contribution in [0.1, 0.15) is 18.2 Å². The molecule has 6 nitrogen and oxygen atoms in total. The van der Waals surface area contributed by atoms with Gasteiger partial charge in [0.05, 0.1) is 23.6 Å². The molecular weight excluding hydrogens is 240 g/mol. The SMILES string of the molecule is CN(C)CCC(NN)c1cnnn1-c1ccccc1. The Morgan fingerprint density at radius 2 is 2.05 bits per heavy atom. The number of nitrogens with zero attached hydrogens (tertiary/aromatic N) is 4. The fraction of sp³-hybridized carbons (Fsp3) is 0.385. The summed E-state index contributed by atoms with van der Waals surface area (Å²) in [6.07, 6.45) is 2.65. The lowest BCUT2D eigenvalue weighted by Crippen LogP contribution is -2.32. The Bertz CT molecular complexity index is 493. The molecule has 1 heterocycles. The molecule has 1 atom stereocenters. The number of nitrogens with two attached hydrogens (primary N) is 1. The molecule has 0 radical (unpaired) electrons. The maximum Gasteiger partial charge on any atom is 0.0829 e. The van der Waals surface area contributed by atoms with E-state index in [0.29, 0.717) is 0 Å². The summed E-state index contributed by atoms with van der Waals surface area (Å²) < 4.78 is 1.82. The third kappa shape index (κ3) is 3.37. The van der Waals surface area contributed by atoms with E-state index in [9.17, 15) is 0 Å². The highest BCUT2D eigenvalue weighted by Gasteiger charge is 2.16. The molecule has 2 aromatic rings. The molecule has 0 saturated heterocycles. The van der Waals surface area contributed by atoms with Crippen LogP contribution in [-0.2, 0) is 0 Å². The van der Waals surface area contributed by atoms with Gasteiger partial charge in [-0.25, -0.2) is 4.68 Å². The molecule has 102 valence electrons. The Morgan fingerprint density at radius 3 is 2.68 bits per heavy atom. The van der Waals surface area contributed by atoms with Gasteiger partial charge in [-0.2, -0.15) is 0 Å². The monoisotopic (exact) mass is 260 g/mol. The van der Waals surface area contributed by atoms with Crippen molar-refractivity contribution in [1.82, 2.24) is 25.3 Å². The van der Waals surface area contributed by atoms with E-state index in [1.165, 1.54) is 0 Å². The van der Waals surface area contributed by atoms with Gasteiger partial charge in [-0.05, 0) is 39.2 Å². The van der Waals surface area contributed by atoms with Gasteiger partial charge in [0, 0.05) is 0 Å². The zero-order chi connectivity index (χ0) is 13.7. The fourth-order valence-electron chi connectivity index (χ4n) is 1.95. The van der Waals surface area contributed by atoms with Crippen LogP contribution in [0.25, 0.3) is 5.69 Å². The predicted molar refractivity (Wildman–Crippen MR) is 74.6 cm³/mol. The molecule has 6 heteroatoms. The van der Waals surface area contributed by atoms with Crippen molar-refractivity contribution in [1.29, 1.82) is 0 Å². The van der Waals surface area contributed by atoms with Crippen LogP contribution in [-0.4, -0.2) is 40.5 Å². The highest BCUT2D eigenvalue weighted by Crippen LogP contribution is 2.18. The first-order valence-corrected chi connectivity index (χ1v) is 6.29. The van der Waals surface area contributed by atoms with E-state index in [2.05, 4.69) is 20.6 Å². The summed E-state index contributed by atoms with van der Waals surface area (Å²) in [5.41, 5.74) is 4.80. The van der Waals surface area contributed by atoms with E-state index >= 15 is 0 Å². The maximum absolute atomic E-state index is 5.66. The Labute approximate surface area is 113 Å². The molecule has 0 fully saturated rings. The fourth-order valence-corrected chi connectivity index (χ4v) is 1.95. The highest BCUT2D eigenvalue weighted by molar-refractivity contribution is 5.32. The van der Waals surface area contributed by atoms with E-state index in [1.54, 1.807) is 6.20 Å². The van der Waals surface area contributed by atoms with Crippen LogP contribution in [0.3, 0.4) is 0 Å². The van der Waals surface area contributed by atoms with Crippen LogP contribution in [0.15, 0.2) is 36.5 Å². The number of para-hydroxylation sites is 1. The van der Waals surface area contributed by atoms with E-state index in [-0.39, 0.29) is 6.04 Å². The van der Waals surface area contributed by atoms with Gasteiger partial charge in [0.15, 0.2) is 0 Å². The Balaban J connectivity index is 2.22. The normalized spacial score (nSPS) is 12.8. The van der Waals surface area contributed by atoms with Gasteiger partial charge in [0.25, 0.3) is 0 Å². The third-order valence-corrected chi connectivity index (χ3v) is 3.00. The standard InChI is InChI=1S/C13H20N6/c1-18(2)9-8-12(16-14)13-10-15-17-19(13)11-6-4-3-5-7-11/h3-7,10,12,16H,8-9,14H2,1-2H3. The molecule has 1 aromatic heterocycles. The van der Waals surface area contributed by atoms with Gasteiger partial charge >= 0.3 is 0 Å². The number of hydrogen-bond donors (Lipinski definition) is 2. The van der Waals surface area contributed by atoms with Gasteiger partial charge in [-0.1, -0.05) is 23.4 Å². The molecule has 0 aliphatic rings. The van der Waals surface area contributed by atoms with Crippen molar-refractivity contribution >= 4 is 0 Å². The Morgan fingerprint density at radius 1 is 1.32 bits per heavy atom. The molecule has 1 aromatic carbocycles. The average Bonchev–Trinajstić information content (AvgIpc) is 2.89. The lowest BCUT2D eigenvalue weighted by molar-refractivity contribution is 0.357. The van der Waals surface area contributed by atoms with Gasteiger partial charge in [0.1, 0.15) is 0 Å². The smallest absolute Gasteiger partial charge is 0.0829 e. The van der Waals surface area contributed by atoms with E-state index in [1.807, 2.05) is 49.1 Å². The molecule has 0 bridgehead atoms. The van der Waals surface area contributed by atoms with Gasteiger partial charge in [0.2, 0.25) is 0 Å². The summed E-state index contributed by atoms with van der Waals surface area (Å²) in [4.78, 5) is 2.13. The van der Waals surface area contributed by atoms with Crippen LogP contribution in [0.4, 0.5) is 0 Å². The van der Waals surface area contributed by atoms with Gasteiger partial charge in [-0.3, -0.25) is 11.3 Å². The zero-order valence-electron chi connectivity index (χ0n) is 11.3. The second kappa shape index (κ2) is 6.42. The summed E-state index contributed by atoms with van der Waals surface area (Å²) in [6, 6.07) is 9.95. The number of benzene rings is 1. The number of hydrazine groups is 1. The minimum absolute atomic E-state index is 0.0256. The number of rotatable bonds is 6. The summed E-state index contributed by atoms with van der Waals surface area (Å²) >= 11 is 0. The molecule has 0 saturated carbocycles. The number of aromatic nitrogens is 3. The van der Waals surface area contributed by atoms with E-state index in [4.69, 9.17) is 5.84 Å². The van der Waals surface area contributed by atoms with Crippen molar-refractivity contribution in [2.24, 2.45) is 5.84 Å². The molecule has 0 aliphatic heterocycles. The summed E-state index contributed by atoms with van der Waals surface area (Å²) in [6.45, 7) is 0.939. The average molecular weight is 260 g/mol. The maximum atomic E-state index is 5.66. The van der Waals surface area contributed by atoms with Gasteiger partial charge in [-0.15, -0.1) is 5.10 Å². The lowest BCUT2D eigenvalue weighted by Gasteiger charge is -2.19. The van der Waals surface area contributed by atoms with Crippen molar-refractivity contribution in [3.05, 3.63) is 42.2 Å². The van der Waals surface area contributed by atoms with E-state index < -0.39 is 0 Å². The summed E-state index contributed by atoms with van der Waals surface area (Å²) in [7, 11) is 4.08. The minimum atomic E-state index is 0.0256. The van der Waals surface area contributed by atoms with Crippen molar-refractivity contribution in [3.63, 3.8) is 0 Å². The van der Waals surface area contributed by atoms with Crippen LogP contribution in [0.2, 0.25) is 0 Å². The molecule has 3 N–H and O–H groups in total. The molecule has 2 rings (SSSR count). The third-order valence-electron chi connectivity index (χ3n) is 3.00. The number of nitrogens with one attached hydrogen (secondary N) is 1. The van der Waals surface area contributed by atoms with Gasteiger partial charge < -0.3 is 4.90 Å². The Kier molecular flexibility index (Phi) is 4.62. The van der Waals surface area contributed by atoms with Crippen molar-refractivity contribution < 1.29 is 0 Å². The summed E-state index contributed by atoms with van der Waals surface area (Å²) in [5, 5.41) is 8.14. The molecular formula is C13H20N6. The number of hydrogen-bond acceptors (Lipinski definition) is 5. The zero-order valence-corrected chi connectivity index (χ0v) is 11.3. The van der Waals surface area contributed by atoms with Crippen LogP contribution < -0.4 is 11.3 Å². The van der Waals surface area contributed by atoms with Crippen molar-refractivity contribution in [2.45, 2.75) is 12.5 Å². The van der Waals surface area contributed by atoms with Crippen LogP contribution >= 0.6 is 0 Å². The van der Waals surface area contributed by atoms with Crippen LogP contribution in [0, 0.1) is 0 Å². The second-order valence-electron chi connectivity index (χ2n) is 4.72. The van der Waals surface area contributed by atoms with Crippen molar-refractivity contribution in [2.75, 3.05) is 20.6 Å². The lowest BCUT2D eigenvalue weighted by atomic mass is 10.1. The first kappa shape index (κ1) is 13.7. The Hall–Kier alpha value is -1.76. The minimum Gasteiger partial charge on any atom is -0.309 e. The molecule has 19 heavy (non-hydrogen) atoms. The molecule has 0 amide bonds. The van der Waals surface area contributed by atoms with Crippen molar-refractivity contribution in [3.8, 4) is 5.69 Å². The second-order valence-corrected chi connectivity index (χ2v) is 4.72. The predicted octanol–water partition coefficient (Wildman–Crippen LogP) is 0.723. The quantitative estimate of drug-likeness (QED) is 0.591. The largest absolute Gasteiger partial charge is 0.309 e. The first-order valence-electron chi connectivity index (χ1n) is 6.29.